The number of hydrogen-bond donors (Lipinski definition) is 1. The molecule has 0 saturated carbocycles. The van der Waals surface area contributed by atoms with Crippen LogP contribution in [0.5, 0.6) is 11.5 Å². The molecule has 3 aliphatic rings. The molecule has 32 heavy (non-hydrogen) atoms. The van der Waals surface area contributed by atoms with Crippen molar-refractivity contribution in [1.82, 2.24) is 9.80 Å². The number of benzene rings is 2. The zero-order chi connectivity index (χ0) is 21.8. The Labute approximate surface area is 190 Å². The SMILES string of the molecule is O=C(CN1CCCC1C1CCCN1Cc1ccccc1)Nc1ccc2c(c1)OCCCO2. The largest absolute Gasteiger partial charge is 0.490 e. The van der Waals surface area contributed by atoms with Gasteiger partial charge in [-0.05, 0) is 56.5 Å². The molecule has 2 atom stereocenters. The summed E-state index contributed by atoms with van der Waals surface area (Å²) in [7, 11) is 0. The maximum atomic E-state index is 12.9. The van der Waals surface area contributed by atoms with Crippen molar-refractivity contribution in [3.63, 3.8) is 0 Å². The van der Waals surface area contributed by atoms with Gasteiger partial charge in [-0.2, -0.15) is 0 Å². The van der Waals surface area contributed by atoms with E-state index in [0.29, 0.717) is 37.6 Å². The fourth-order valence-corrected chi connectivity index (χ4v) is 5.41. The first-order chi connectivity index (χ1) is 15.8. The third-order valence-corrected chi connectivity index (χ3v) is 6.88. The number of ether oxygens (including phenoxy) is 2. The number of fused-ring (bicyclic) bond motifs is 1. The summed E-state index contributed by atoms with van der Waals surface area (Å²) >= 11 is 0. The van der Waals surface area contributed by atoms with Gasteiger partial charge in [-0.25, -0.2) is 0 Å². The number of nitrogens with zero attached hydrogens (tertiary/aromatic N) is 2. The summed E-state index contributed by atoms with van der Waals surface area (Å²) in [6.45, 7) is 4.88. The summed E-state index contributed by atoms with van der Waals surface area (Å²) in [5.41, 5.74) is 2.14. The van der Waals surface area contributed by atoms with Crippen molar-refractivity contribution in [2.75, 3.05) is 38.2 Å². The first-order valence-corrected chi connectivity index (χ1v) is 12.0. The van der Waals surface area contributed by atoms with Gasteiger partial charge in [0.25, 0.3) is 0 Å². The molecule has 0 spiro atoms. The van der Waals surface area contributed by atoms with Crippen LogP contribution in [0.15, 0.2) is 48.5 Å². The number of anilines is 1. The number of rotatable bonds is 6. The molecule has 170 valence electrons. The highest BCUT2D eigenvalue weighted by molar-refractivity contribution is 5.92. The van der Waals surface area contributed by atoms with Crippen LogP contribution in [0.3, 0.4) is 0 Å². The summed E-state index contributed by atoms with van der Waals surface area (Å²) in [4.78, 5) is 17.9. The maximum Gasteiger partial charge on any atom is 0.238 e. The summed E-state index contributed by atoms with van der Waals surface area (Å²) in [5, 5.41) is 3.07. The molecule has 0 bridgehead atoms. The molecule has 6 nitrogen and oxygen atoms in total. The van der Waals surface area contributed by atoms with Crippen molar-refractivity contribution in [2.45, 2.75) is 50.7 Å². The third-order valence-electron chi connectivity index (χ3n) is 6.88. The molecule has 2 saturated heterocycles. The Balaban J connectivity index is 1.20. The highest BCUT2D eigenvalue weighted by Crippen LogP contribution is 2.33. The second-order valence-electron chi connectivity index (χ2n) is 9.11. The van der Waals surface area contributed by atoms with Gasteiger partial charge in [0, 0.05) is 36.8 Å². The van der Waals surface area contributed by atoms with E-state index in [1.165, 1.54) is 24.8 Å². The minimum atomic E-state index is 0.0407. The number of carbonyl (C=O) groups excluding carboxylic acids is 1. The molecule has 0 aromatic heterocycles. The molecule has 5 rings (SSSR count). The minimum absolute atomic E-state index is 0.0407. The van der Waals surface area contributed by atoms with E-state index in [1.54, 1.807) is 0 Å². The monoisotopic (exact) mass is 435 g/mol. The molecular weight excluding hydrogens is 402 g/mol. The lowest BCUT2D eigenvalue weighted by molar-refractivity contribution is -0.117. The third kappa shape index (κ3) is 4.92. The molecule has 3 heterocycles. The fourth-order valence-electron chi connectivity index (χ4n) is 5.41. The summed E-state index contributed by atoms with van der Waals surface area (Å²) < 4.78 is 11.4. The fraction of sp³-hybridized carbons (Fsp3) is 0.500. The van der Waals surface area contributed by atoms with Crippen molar-refractivity contribution in [3.05, 3.63) is 54.1 Å². The number of nitrogens with one attached hydrogen (secondary N) is 1. The maximum absolute atomic E-state index is 12.9. The van der Waals surface area contributed by atoms with Crippen molar-refractivity contribution in [2.24, 2.45) is 0 Å². The molecule has 1 amide bonds. The Hall–Kier alpha value is -2.57. The van der Waals surface area contributed by atoms with Gasteiger partial charge in [0.15, 0.2) is 11.5 Å². The van der Waals surface area contributed by atoms with Crippen molar-refractivity contribution in [3.8, 4) is 11.5 Å². The number of carbonyl (C=O) groups is 1. The van der Waals surface area contributed by atoms with E-state index >= 15 is 0 Å². The molecule has 0 aliphatic carbocycles. The normalized spacial score (nSPS) is 23.8. The van der Waals surface area contributed by atoms with Gasteiger partial charge < -0.3 is 14.8 Å². The summed E-state index contributed by atoms with van der Waals surface area (Å²) in [5.74, 6) is 1.50. The average molecular weight is 436 g/mol. The van der Waals surface area contributed by atoms with E-state index in [9.17, 15) is 4.79 Å². The molecule has 1 N–H and O–H groups in total. The topological polar surface area (TPSA) is 54.0 Å². The van der Waals surface area contributed by atoms with Crippen LogP contribution in [0, 0.1) is 0 Å². The Bertz CT molecular complexity index is 920. The van der Waals surface area contributed by atoms with Gasteiger partial charge in [-0.15, -0.1) is 0 Å². The molecule has 2 aromatic carbocycles. The number of likely N-dealkylation sites (tertiary alicyclic amines) is 2. The molecule has 2 aromatic rings. The predicted octanol–water partition coefficient (Wildman–Crippen LogP) is 3.92. The quantitative estimate of drug-likeness (QED) is 0.746. The highest BCUT2D eigenvalue weighted by Gasteiger charge is 2.38. The van der Waals surface area contributed by atoms with Crippen molar-refractivity contribution in [1.29, 1.82) is 0 Å². The Morgan fingerprint density at radius 1 is 0.875 bits per heavy atom. The zero-order valence-electron chi connectivity index (χ0n) is 18.7. The lowest BCUT2D eigenvalue weighted by Gasteiger charge is -2.34. The van der Waals surface area contributed by atoms with Gasteiger partial charge in [-0.1, -0.05) is 30.3 Å². The van der Waals surface area contributed by atoms with Crippen LogP contribution in [0.1, 0.15) is 37.7 Å². The van der Waals surface area contributed by atoms with Crippen LogP contribution in [-0.4, -0.2) is 60.6 Å². The van der Waals surface area contributed by atoms with E-state index in [0.717, 1.165) is 43.9 Å². The Morgan fingerprint density at radius 2 is 1.59 bits per heavy atom. The van der Waals surface area contributed by atoms with E-state index in [1.807, 2.05) is 18.2 Å². The molecule has 2 fully saturated rings. The van der Waals surface area contributed by atoms with E-state index in [2.05, 4.69) is 45.4 Å². The Kier molecular flexibility index (Phi) is 6.60. The van der Waals surface area contributed by atoms with Crippen LogP contribution in [0.4, 0.5) is 5.69 Å². The predicted molar refractivity (Wildman–Crippen MR) is 125 cm³/mol. The summed E-state index contributed by atoms with van der Waals surface area (Å²) in [6.07, 6.45) is 5.67. The van der Waals surface area contributed by atoms with Gasteiger partial charge in [-0.3, -0.25) is 14.6 Å². The van der Waals surface area contributed by atoms with E-state index in [4.69, 9.17) is 9.47 Å². The van der Waals surface area contributed by atoms with Gasteiger partial charge in [0.1, 0.15) is 0 Å². The van der Waals surface area contributed by atoms with Crippen LogP contribution >= 0.6 is 0 Å². The van der Waals surface area contributed by atoms with Crippen LogP contribution < -0.4 is 14.8 Å². The minimum Gasteiger partial charge on any atom is -0.490 e. The van der Waals surface area contributed by atoms with E-state index in [-0.39, 0.29) is 5.91 Å². The Morgan fingerprint density at radius 3 is 2.41 bits per heavy atom. The van der Waals surface area contributed by atoms with Gasteiger partial charge in [0.2, 0.25) is 5.91 Å². The summed E-state index contributed by atoms with van der Waals surface area (Å²) in [6, 6.07) is 17.4. The van der Waals surface area contributed by atoms with Crippen molar-refractivity contribution < 1.29 is 14.3 Å². The van der Waals surface area contributed by atoms with Gasteiger partial charge >= 0.3 is 0 Å². The standard InChI is InChI=1S/C26H33N3O3/c30-26(27-21-11-12-24-25(17-21)32-16-6-15-31-24)19-29-14-5-10-23(29)22-9-4-13-28(22)18-20-7-2-1-3-8-20/h1-3,7-8,11-12,17,22-23H,4-6,9-10,13-16,18-19H2,(H,27,30). The molecule has 2 unspecified atom stereocenters. The molecule has 3 aliphatic heterocycles. The van der Waals surface area contributed by atoms with E-state index < -0.39 is 0 Å². The number of hydrogen-bond acceptors (Lipinski definition) is 5. The molecular formula is C26H33N3O3. The molecule has 0 radical (unpaired) electrons. The van der Waals surface area contributed by atoms with Crippen molar-refractivity contribution >= 4 is 11.6 Å². The zero-order valence-corrected chi connectivity index (χ0v) is 18.7. The number of amides is 1. The highest BCUT2D eigenvalue weighted by atomic mass is 16.5. The lowest BCUT2D eigenvalue weighted by atomic mass is 10.0. The average Bonchev–Trinajstić information content (AvgIpc) is 3.37. The van der Waals surface area contributed by atoms with Crippen LogP contribution in [-0.2, 0) is 11.3 Å². The van der Waals surface area contributed by atoms with Crippen LogP contribution in [0.2, 0.25) is 0 Å². The van der Waals surface area contributed by atoms with Gasteiger partial charge in [0.05, 0.1) is 19.8 Å². The smallest absolute Gasteiger partial charge is 0.238 e. The lowest BCUT2D eigenvalue weighted by Crippen LogP contribution is -2.48. The second-order valence-corrected chi connectivity index (χ2v) is 9.11. The first-order valence-electron chi connectivity index (χ1n) is 12.0. The first kappa shape index (κ1) is 21.3. The molecule has 6 heteroatoms. The van der Waals surface area contributed by atoms with Crippen LogP contribution in [0.25, 0.3) is 0 Å². The second kappa shape index (κ2) is 9.92.